The molecule has 0 spiro atoms. The molecule has 6 N–H and O–H groups in total. The van der Waals surface area contributed by atoms with E-state index in [0.29, 0.717) is 19.3 Å². The number of unbranched alkanes of at least 4 members (excludes halogenated alkanes) is 2. The Hall–Kier alpha value is -5.12. The van der Waals surface area contributed by atoms with Gasteiger partial charge in [-0.05, 0) is 25.3 Å². The van der Waals surface area contributed by atoms with Crippen molar-refractivity contribution in [3.8, 4) is 0 Å². The van der Waals surface area contributed by atoms with E-state index < -0.39 is 54.8 Å². The van der Waals surface area contributed by atoms with Gasteiger partial charge in [0.2, 0.25) is 29.5 Å². The van der Waals surface area contributed by atoms with Crippen LogP contribution in [0.1, 0.15) is 44.6 Å². The highest BCUT2D eigenvalue weighted by molar-refractivity contribution is 6.12. The molecular weight excluding hydrogens is 604 g/mol. The maximum Gasteiger partial charge on any atom is 0.305 e. The summed E-state index contributed by atoms with van der Waals surface area (Å²) in [4.78, 5) is 96.6. The van der Waals surface area contributed by atoms with Crippen LogP contribution in [0.4, 0.5) is 0 Å². The van der Waals surface area contributed by atoms with Crippen LogP contribution in [0.25, 0.3) is 0 Å². The number of hydrogen-bond acceptors (Lipinski definition) is 9. The molecule has 0 saturated heterocycles. The Kier molecular flexibility index (Phi) is 16.1. The van der Waals surface area contributed by atoms with E-state index in [1.165, 1.54) is 19.1 Å². The number of imide groups is 1. The fraction of sp³-hybridized carbons (Fsp3) is 0.467. The van der Waals surface area contributed by atoms with Gasteiger partial charge in [-0.1, -0.05) is 36.8 Å². The topological polar surface area (TPSA) is 229 Å². The van der Waals surface area contributed by atoms with Gasteiger partial charge in [-0.2, -0.15) is 0 Å². The first-order valence-electron chi connectivity index (χ1n) is 14.7. The highest BCUT2D eigenvalue weighted by Gasteiger charge is 2.23. The molecule has 1 heterocycles. The summed E-state index contributed by atoms with van der Waals surface area (Å²) in [5.41, 5.74) is 0.731. The molecular formula is C30H40N6O10. The third-order valence-corrected chi connectivity index (χ3v) is 6.54. The van der Waals surface area contributed by atoms with E-state index in [-0.39, 0.29) is 56.8 Å². The van der Waals surface area contributed by atoms with E-state index >= 15 is 0 Å². The van der Waals surface area contributed by atoms with E-state index in [1.54, 1.807) is 30.3 Å². The molecule has 46 heavy (non-hydrogen) atoms. The molecule has 0 bridgehead atoms. The smallest absolute Gasteiger partial charge is 0.305 e. The van der Waals surface area contributed by atoms with Crippen LogP contribution in [-0.4, -0.2) is 102 Å². The second kappa shape index (κ2) is 20.0. The van der Waals surface area contributed by atoms with Crippen molar-refractivity contribution in [2.45, 2.75) is 57.6 Å². The Morgan fingerprint density at radius 1 is 0.783 bits per heavy atom. The Bertz CT molecular complexity index is 1270. The van der Waals surface area contributed by atoms with Gasteiger partial charge < -0.3 is 36.4 Å². The zero-order valence-electron chi connectivity index (χ0n) is 25.5. The summed E-state index contributed by atoms with van der Waals surface area (Å²) in [5, 5.41) is 20.9. The first-order valence-corrected chi connectivity index (χ1v) is 14.7. The summed E-state index contributed by atoms with van der Waals surface area (Å²) in [6.45, 7) is 0.289. The number of rotatable bonds is 21. The average Bonchev–Trinajstić information content (AvgIpc) is 3.33. The molecule has 7 amide bonds. The minimum Gasteiger partial charge on any atom is -0.481 e. The number of nitrogens with zero attached hydrogens (tertiary/aromatic N) is 1. The van der Waals surface area contributed by atoms with Crippen LogP contribution in [0.5, 0.6) is 0 Å². The number of carbonyl (C=O) groups excluding carboxylic acids is 7. The van der Waals surface area contributed by atoms with Gasteiger partial charge >= 0.3 is 5.97 Å². The Morgan fingerprint density at radius 2 is 1.39 bits per heavy atom. The maximum absolute atomic E-state index is 12.9. The van der Waals surface area contributed by atoms with Gasteiger partial charge in [0.25, 0.3) is 11.8 Å². The molecule has 0 fully saturated rings. The second-order valence-corrected chi connectivity index (χ2v) is 10.4. The fourth-order valence-corrected chi connectivity index (χ4v) is 4.12. The molecule has 0 aromatic heterocycles. The van der Waals surface area contributed by atoms with Crippen LogP contribution >= 0.6 is 0 Å². The van der Waals surface area contributed by atoms with Crippen LogP contribution in [0.2, 0.25) is 0 Å². The molecule has 1 aromatic carbocycles. The zero-order valence-corrected chi connectivity index (χ0v) is 25.5. The maximum atomic E-state index is 12.9. The first kappa shape index (κ1) is 37.1. The van der Waals surface area contributed by atoms with E-state index in [2.05, 4.69) is 26.6 Å². The van der Waals surface area contributed by atoms with Gasteiger partial charge in [0.1, 0.15) is 12.8 Å². The SMILES string of the molecule is C[C@@H](CC(=O)O)OCNC(=O)CNC(=O)[C@H](Cc1ccccc1)NC(=O)CNC(=O)CNC(=O)CCCCCN1C(=O)C=CC1=O. The van der Waals surface area contributed by atoms with Crippen molar-refractivity contribution in [3.05, 3.63) is 48.0 Å². The minimum atomic E-state index is -1.08. The number of amides is 7. The number of ether oxygens (including phenoxy) is 1. The molecule has 2 rings (SSSR count). The van der Waals surface area contributed by atoms with Gasteiger partial charge in [0.05, 0.1) is 32.2 Å². The van der Waals surface area contributed by atoms with Crippen LogP contribution in [-0.2, 0) is 49.5 Å². The number of nitrogens with one attached hydrogen (secondary N) is 5. The van der Waals surface area contributed by atoms with Crippen LogP contribution < -0.4 is 26.6 Å². The lowest BCUT2D eigenvalue weighted by Crippen LogP contribution is -2.52. The van der Waals surface area contributed by atoms with Gasteiger partial charge in [0, 0.05) is 31.5 Å². The lowest BCUT2D eigenvalue weighted by molar-refractivity contribution is -0.140. The van der Waals surface area contributed by atoms with Crippen molar-refractivity contribution in [3.63, 3.8) is 0 Å². The van der Waals surface area contributed by atoms with Gasteiger partial charge in [0.15, 0.2) is 0 Å². The monoisotopic (exact) mass is 644 g/mol. The van der Waals surface area contributed by atoms with Gasteiger partial charge in [-0.25, -0.2) is 0 Å². The number of carboxylic acids is 1. The summed E-state index contributed by atoms with van der Waals surface area (Å²) < 4.78 is 5.17. The molecule has 0 radical (unpaired) electrons. The molecule has 1 aliphatic heterocycles. The molecule has 0 unspecified atom stereocenters. The molecule has 16 nitrogen and oxygen atoms in total. The third kappa shape index (κ3) is 15.1. The Morgan fingerprint density at radius 3 is 2.07 bits per heavy atom. The van der Waals surface area contributed by atoms with Crippen LogP contribution in [0.3, 0.4) is 0 Å². The predicted octanol–water partition coefficient (Wildman–Crippen LogP) is -1.50. The molecule has 1 aromatic rings. The van der Waals surface area contributed by atoms with E-state index in [1.807, 2.05) is 0 Å². The number of benzene rings is 1. The summed E-state index contributed by atoms with van der Waals surface area (Å²) in [6, 6.07) is 7.74. The summed E-state index contributed by atoms with van der Waals surface area (Å²) >= 11 is 0. The lowest BCUT2D eigenvalue weighted by Gasteiger charge is -2.19. The van der Waals surface area contributed by atoms with Crippen molar-refractivity contribution < 1.29 is 48.2 Å². The zero-order chi connectivity index (χ0) is 33.9. The van der Waals surface area contributed by atoms with E-state index in [9.17, 15) is 38.4 Å². The largest absolute Gasteiger partial charge is 0.481 e. The number of carboxylic acid groups (broad SMARTS) is 1. The van der Waals surface area contributed by atoms with Crippen molar-refractivity contribution >= 4 is 47.3 Å². The highest BCUT2D eigenvalue weighted by Crippen LogP contribution is 2.08. The normalized spacial score (nSPS) is 13.5. The van der Waals surface area contributed by atoms with Crippen molar-refractivity contribution in [2.75, 3.05) is 32.9 Å². The van der Waals surface area contributed by atoms with E-state index in [4.69, 9.17) is 9.84 Å². The van der Waals surface area contributed by atoms with E-state index in [0.717, 1.165) is 10.5 Å². The molecule has 0 saturated carbocycles. The molecule has 250 valence electrons. The highest BCUT2D eigenvalue weighted by atomic mass is 16.5. The number of aliphatic carboxylic acids is 1. The fourth-order valence-electron chi connectivity index (χ4n) is 4.12. The quantitative estimate of drug-likeness (QED) is 0.0515. The molecule has 0 aliphatic carbocycles. The lowest BCUT2D eigenvalue weighted by atomic mass is 10.1. The summed E-state index contributed by atoms with van der Waals surface area (Å²) in [6.07, 6.45) is 3.43. The van der Waals surface area contributed by atoms with Gasteiger partial charge in [-0.15, -0.1) is 0 Å². The van der Waals surface area contributed by atoms with Crippen molar-refractivity contribution in [1.82, 2.24) is 31.5 Å². The van der Waals surface area contributed by atoms with Crippen LogP contribution in [0, 0.1) is 0 Å². The van der Waals surface area contributed by atoms with Crippen LogP contribution in [0.15, 0.2) is 42.5 Å². The molecule has 1 aliphatic rings. The average molecular weight is 645 g/mol. The third-order valence-electron chi connectivity index (χ3n) is 6.54. The second-order valence-electron chi connectivity index (χ2n) is 10.4. The number of hydrogen-bond donors (Lipinski definition) is 6. The molecule has 16 heteroatoms. The summed E-state index contributed by atoms with van der Waals surface area (Å²) in [7, 11) is 0. The Labute approximate surface area is 265 Å². The predicted molar refractivity (Wildman–Crippen MR) is 161 cm³/mol. The van der Waals surface area contributed by atoms with Crippen molar-refractivity contribution in [1.29, 1.82) is 0 Å². The van der Waals surface area contributed by atoms with Crippen molar-refractivity contribution in [2.24, 2.45) is 0 Å². The Balaban J connectivity index is 1.70. The number of carbonyl (C=O) groups is 8. The first-order chi connectivity index (χ1) is 21.9. The van der Waals surface area contributed by atoms with Gasteiger partial charge in [-0.3, -0.25) is 43.3 Å². The molecule has 2 atom stereocenters. The standard InChI is InChI=1S/C30H40N6O10/c1-20(14-29(43)44)46-19-34-25(39)17-33-30(45)22(15-21-8-4-2-5-9-21)35-26(40)18-32-24(38)16-31-23(37)10-6-3-7-13-36-27(41)11-12-28(36)42/h2,4-5,8-9,11-12,20,22H,3,6-7,10,13-19H2,1H3,(H,31,37)(H,32,38)(H,33,45)(H,34,39)(H,35,40)(H,43,44)/t20-,22-/m0/s1. The minimum absolute atomic E-state index is 0.0986. The summed E-state index contributed by atoms with van der Waals surface area (Å²) in [5.74, 6) is -4.67.